The van der Waals surface area contributed by atoms with Gasteiger partial charge in [-0.05, 0) is 46.0 Å². The van der Waals surface area contributed by atoms with Gasteiger partial charge in [0, 0.05) is 19.6 Å². The molecular formula is C14H24N4O. The van der Waals surface area contributed by atoms with Gasteiger partial charge in [-0.1, -0.05) is 0 Å². The maximum Gasteiger partial charge on any atom is 0.269 e. The summed E-state index contributed by atoms with van der Waals surface area (Å²) in [5, 5.41) is 5.85. The molecule has 0 saturated carbocycles. The third-order valence-electron chi connectivity index (χ3n) is 3.14. The highest BCUT2D eigenvalue weighted by Gasteiger charge is 2.07. The molecule has 5 heteroatoms. The van der Waals surface area contributed by atoms with E-state index < -0.39 is 0 Å². The molecule has 1 amide bonds. The van der Waals surface area contributed by atoms with E-state index in [1.54, 1.807) is 12.3 Å². The summed E-state index contributed by atoms with van der Waals surface area (Å²) in [5.41, 5.74) is 1.35. The van der Waals surface area contributed by atoms with Crippen molar-refractivity contribution in [2.75, 3.05) is 32.5 Å². The molecule has 1 aromatic heterocycles. The molecule has 2 N–H and O–H groups in total. The third kappa shape index (κ3) is 5.26. The number of pyridine rings is 1. The van der Waals surface area contributed by atoms with Crippen LogP contribution in [0.25, 0.3) is 0 Å². The summed E-state index contributed by atoms with van der Waals surface area (Å²) < 4.78 is 0. The first-order chi connectivity index (χ1) is 9.04. The number of amides is 1. The second-order valence-electron chi connectivity index (χ2n) is 4.87. The highest BCUT2D eigenvalue weighted by Crippen LogP contribution is 2.04. The summed E-state index contributed by atoms with van der Waals surface area (Å²) >= 11 is 0. The van der Waals surface area contributed by atoms with Crippen LogP contribution in [-0.4, -0.2) is 49.0 Å². The van der Waals surface area contributed by atoms with E-state index in [0.717, 1.165) is 18.7 Å². The van der Waals surface area contributed by atoms with Crippen LogP contribution in [-0.2, 0) is 0 Å². The molecule has 106 valence electrons. The highest BCUT2D eigenvalue weighted by atomic mass is 16.1. The van der Waals surface area contributed by atoms with E-state index in [9.17, 15) is 4.79 Å². The lowest BCUT2D eigenvalue weighted by Gasteiger charge is -2.20. The Balaban J connectivity index is 2.31. The van der Waals surface area contributed by atoms with Gasteiger partial charge in [0.15, 0.2) is 0 Å². The van der Waals surface area contributed by atoms with Crippen molar-refractivity contribution in [1.29, 1.82) is 0 Å². The predicted octanol–water partition coefficient (Wildman–Crippen LogP) is 1.58. The van der Waals surface area contributed by atoms with Gasteiger partial charge in [0.1, 0.15) is 5.69 Å². The highest BCUT2D eigenvalue weighted by molar-refractivity contribution is 5.92. The van der Waals surface area contributed by atoms with E-state index in [2.05, 4.69) is 41.4 Å². The molecule has 0 bridgehead atoms. The minimum Gasteiger partial charge on any atom is -0.387 e. The van der Waals surface area contributed by atoms with Gasteiger partial charge in [-0.2, -0.15) is 0 Å². The largest absolute Gasteiger partial charge is 0.387 e. The summed E-state index contributed by atoms with van der Waals surface area (Å²) in [6.45, 7) is 5.97. The van der Waals surface area contributed by atoms with Crippen molar-refractivity contribution in [2.45, 2.75) is 26.3 Å². The summed E-state index contributed by atoms with van der Waals surface area (Å²) in [5.74, 6) is -0.116. The quantitative estimate of drug-likeness (QED) is 0.734. The van der Waals surface area contributed by atoms with E-state index in [4.69, 9.17) is 0 Å². The Morgan fingerprint density at radius 1 is 1.42 bits per heavy atom. The fourth-order valence-electron chi connectivity index (χ4n) is 1.56. The van der Waals surface area contributed by atoms with Gasteiger partial charge in [0.2, 0.25) is 0 Å². The lowest BCUT2D eigenvalue weighted by Crippen LogP contribution is -2.31. The Morgan fingerprint density at radius 3 is 2.68 bits per heavy atom. The van der Waals surface area contributed by atoms with Gasteiger partial charge < -0.3 is 15.5 Å². The minimum atomic E-state index is -0.116. The summed E-state index contributed by atoms with van der Waals surface area (Å²) in [4.78, 5) is 18.2. The molecule has 0 radical (unpaired) electrons. The predicted molar refractivity (Wildman–Crippen MR) is 78.5 cm³/mol. The lowest BCUT2D eigenvalue weighted by atomic mass is 10.3. The van der Waals surface area contributed by atoms with Gasteiger partial charge >= 0.3 is 0 Å². The number of carbonyl (C=O) groups excluding carboxylic acids is 1. The van der Waals surface area contributed by atoms with Crippen LogP contribution in [0, 0.1) is 0 Å². The van der Waals surface area contributed by atoms with Crippen molar-refractivity contribution in [3.63, 3.8) is 0 Å². The Morgan fingerprint density at radius 2 is 2.16 bits per heavy atom. The van der Waals surface area contributed by atoms with Gasteiger partial charge in [-0.15, -0.1) is 0 Å². The second-order valence-corrected chi connectivity index (χ2v) is 4.87. The van der Waals surface area contributed by atoms with Crippen LogP contribution in [0.2, 0.25) is 0 Å². The molecule has 0 aliphatic rings. The first kappa shape index (κ1) is 15.4. The molecule has 1 aromatic rings. The fraction of sp³-hybridized carbons (Fsp3) is 0.571. The number of hydrogen-bond donors (Lipinski definition) is 2. The molecule has 1 heterocycles. The van der Waals surface area contributed by atoms with Crippen LogP contribution in [0.5, 0.6) is 0 Å². The average Bonchev–Trinajstić information content (AvgIpc) is 2.43. The number of nitrogens with one attached hydrogen (secondary N) is 2. The molecule has 0 aliphatic heterocycles. The zero-order valence-corrected chi connectivity index (χ0v) is 12.2. The molecule has 0 atom stereocenters. The van der Waals surface area contributed by atoms with Gasteiger partial charge in [-0.3, -0.25) is 4.79 Å². The van der Waals surface area contributed by atoms with Crippen molar-refractivity contribution >= 4 is 11.6 Å². The molecule has 5 nitrogen and oxygen atoms in total. The lowest BCUT2D eigenvalue weighted by molar-refractivity contribution is 0.0946. The molecule has 0 unspecified atom stereocenters. The minimum absolute atomic E-state index is 0.116. The number of rotatable bonds is 7. The van der Waals surface area contributed by atoms with Gasteiger partial charge in [0.05, 0.1) is 11.9 Å². The normalized spacial score (nSPS) is 10.8. The SMILES string of the molecule is CNc1ccc(C(=O)NCCCN(C)C(C)C)nc1. The first-order valence-corrected chi connectivity index (χ1v) is 6.67. The summed E-state index contributed by atoms with van der Waals surface area (Å²) in [6.07, 6.45) is 2.59. The Bertz CT molecular complexity index is 389. The number of hydrogen-bond acceptors (Lipinski definition) is 4. The van der Waals surface area contributed by atoms with Crippen LogP contribution >= 0.6 is 0 Å². The van der Waals surface area contributed by atoms with Crippen molar-refractivity contribution in [3.8, 4) is 0 Å². The molecule has 0 aliphatic carbocycles. The second kappa shape index (κ2) is 7.74. The third-order valence-corrected chi connectivity index (χ3v) is 3.14. The number of anilines is 1. The molecule has 0 fully saturated rings. The number of nitrogens with zero attached hydrogens (tertiary/aromatic N) is 2. The maximum absolute atomic E-state index is 11.8. The summed E-state index contributed by atoms with van der Waals surface area (Å²) in [7, 11) is 3.91. The Kier molecular flexibility index (Phi) is 6.29. The van der Waals surface area contributed by atoms with E-state index in [0.29, 0.717) is 18.3 Å². The Labute approximate surface area is 115 Å². The van der Waals surface area contributed by atoms with E-state index in [-0.39, 0.29) is 5.91 Å². The number of aromatic nitrogens is 1. The van der Waals surface area contributed by atoms with Gasteiger partial charge in [0.25, 0.3) is 5.91 Å². The zero-order chi connectivity index (χ0) is 14.3. The molecule has 0 saturated heterocycles. The van der Waals surface area contributed by atoms with E-state index >= 15 is 0 Å². The molecular weight excluding hydrogens is 240 g/mol. The van der Waals surface area contributed by atoms with Crippen LogP contribution in [0.3, 0.4) is 0 Å². The maximum atomic E-state index is 11.8. The van der Waals surface area contributed by atoms with Crippen molar-refractivity contribution in [3.05, 3.63) is 24.0 Å². The monoisotopic (exact) mass is 264 g/mol. The van der Waals surface area contributed by atoms with E-state index in [1.165, 1.54) is 0 Å². The fourth-order valence-corrected chi connectivity index (χ4v) is 1.56. The van der Waals surface area contributed by atoms with Gasteiger partial charge in [-0.25, -0.2) is 4.98 Å². The Hall–Kier alpha value is -1.62. The molecule has 1 rings (SSSR count). The van der Waals surface area contributed by atoms with E-state index in [1.807, 2.05) is 13.1 Å². The van der Waals surface area contributed by atoms with Crippen molar-refractivity contribution in [2.24, 2.45) is 0 Å². The molecule has 0 aromatic carbocycles. The van der Waals surface area contributed by atoms with Crippen LogP contribution in [0.1, 0.15) is 30.8 Å². The summed E-state index contributed by atoms with van der Waals surface area (Å²) in [6, 6.07) is 4.10. The zero-order valence-electron chi connectivity index (χ0n) is 12.2. The smallest absolute Gasteiger partial charge is 0.269 e. The van der Waals surface area contributed by atoms with Crippen LogP contribution < -0.4 is 10.6 Å². The van der Waals surface area contributed by atoms with Crippen molar-refractivity contribution < 1.29 is 4.79 Å². The first-order valence-electron chi connectivity index (χ1n) is 6.67. The average molecular weight is 264 g/mol. The van der Waals surface area contributed by atoms with Crippen LogP contribution in [0.15, 0.2) is 18.3 Å². The number of carbonyl (C=O) groups is 1. The van der Waals surface area contributed by atoms with Crippen molar-refractivity contribution in [1.82, 2.24) is 15.2 Å². The van der Waals surface area contributed by atoms with Crippen LogP contribution in [0.4, 0.5) is 5.69 Å². The standard InChI is InChI=1S/C14H24N4O/c1-11(2)18(4)9-5-8-16-14(19)13-7-6-12(15-3)10-17-13/h6-7,10-11,15H,5,8-9H2,1-4H3,(H,16,19). The molecule has 19 heavy (non-hydrogen) atoms. The molecule has 0 spiro atoms. The topological polar surface area (TPSA) is 57.3 Å².